The highest BCUT2D eigenvalue weighted by Crippen LogP contribution is 2.39. The van der Waals surface area contributed by atoms with Gasteiger partial charge in [-0.15, -0.1) is 0 Å². The maximum atomic E-state index is 14.9. The predicted molar refractivity (Wildman–Crippen MR) is 278 cm³/mol. The smallest absolute Gasteiger partial charge is 0.264 e. The van der Waals surface area contributed by atoms with Crippen LogP contribution in [0.1, 0.15) is 18.2 Å². The molecule has 0 saturated carbocycles. The molecule has 0 unspecified atom stereocenters. The molecule has 0 aliphatic rings. The summed E-state index contributed by atoms with van der Waals surface area (Å²) < 4.78 is 8.43. The zero-order valence-corrected chi connectivity index (χ0v) is 36.5. The molecule has 7 nitrogen and oxygen atoms in total. The summed E-state index contributed by atoms with van der Waals surface area (Å²) in [5.41, 5.74) is 12.8. The van der Waals surface area contributed by atoms with Gasteiger partial charge >= 0.3 is 0 Å². The fourth-order valence-corrected chi connectivity index (χ4v) is 10.4. The van der Waals surface area contributed by atoms with Gasteiger partial charge in [-0.05, 0) is 109 Å². The fraction of sp³-hybridized carbons (Fsp3) is 0.0167. The van der Waals surface area contributed by atoms with Crippen LogP contribution in [0.3, 0.4) is 0 Å². The van der Waals surface area contributed by atoms with Crippen LogP contribution >= 0.6 is 0 Å². The zero-order valence-electron chi connectivity index (χ0n) is 36.5. The Balaban J connectivity index is 1.01. The number of hydrogen-bond donors (Lipinski definition) is 0. The van der Waals surface area contributed by atoms with E-state index in [1.807, 2.05) is 73.8 Å². The van der Waals surface area contributed by atoms with Gasteiger partial charge in [-0.1, -0.05) is 122 Å². The van der Waals surface area contributed by atoms with Gasteiger partial charge in [0.1, 0.15) is 0 Å². The van der Waals surface area contributed by atoms with Gasteiger partial charge in [0.25, 0.3) is 5.56 Å². The highest BCUT2D eigenvalue weighted by Gasteiger charge is 2.22. The molecule has 0 N–H and O–H groups in total. The topological polar surface area (TPSA) is 62.6 Å². The Morgan fingerprint density at radius 2 is 0.985 bits per heavy atom. The average Bonchev–Trinajstić information content (AvgIpc) is 4.01. The molecule has 8 aromatic carbocycles. The van der Waals surface area contributed by atoms with Gasteiger partial charge in [-0.25, -0.2) is 4.98 Å². The van der Waals surface area contributed by atoms with E-state index in [2.05, 4.69) is 166 Å². The molecule has 0 radical (unpaired) electrons. The number of rotatable bonds is 7. The molecule has 7 heteroatoms. The molecule has 5 heterocycles. The first-order valence-electron chi connectivity index (χ1n) is 22.5. The minimum atomic E-state index is -0.146. The van der Waals surface area contributed by atoms with Crippen LogP contribution in [0, 0.1) is 0 Å². The van der Waals surface area contributed by atoms with Crippen LogP contribution in [-0.4, -0.2) is 28.2 Å². The molecule has 0 aliphatic carbocycles. The lowest BCUT2D eigenvalue weighted by Gasteiger charge is -2.15. The van der Waals surface area contributed by atoms with Crippen LogP contribution < -0.4 is 5.56 Å². The fourth-order valence-electron chi connectivity index (χ4n) is 10.4. The van der Waals surface area contributed by atoms with Crippen LogP contribution in [0.25, 0.3) is 123 Å². The number of para-hydroxylation sites is 5. The largest absolute Gasteiger partial charge is 0.309 e. The van der Waals surface area contributed by atoms with Crippen molar-refractivity contribution < 1.29 is 0 Å². The molecule has 0 spiro atoms. The van der Waals surface area contributed by atoms with Gasteiger partial charge in [0.15, 0.2) is 5.65 Å². The van der Waals surface area contributed by atoms with Crippen LogP contribution in [-0.2, 0) is 0 Å². The summed E-state index contributed by atoms with van der Waals surface area (Å²) in [4.78, 5) is 25.4. The molecule has 13 aromatic rings. The first-order valence-corrected chi connectivity index (χ1v) is 22.5. The lowest BCUT2D eigenvalue weighted by atomic mass is 10.00. The number of benzene rings is 8. The summed E-state index contributed by atoms with van der Waals surface area (Å²) in [7, 11) is 0. The Labute approximate surface area is 384 Å². The van der Waals surface area contributed by atoms with Crippen molar-refractivity contribution in [1.29, 1.82) is 0 Å². The van der Waals surface area contributed by atoms with Crippen LogP contribution in [0.15, 0.2) is 212 Å². The van der Waals surface area contributed by atoms with Crippen molar-refractivity contribution in [3.63, 3.8) is 0 Å². The number of fused-ring (bicyclic) bond motifs is 10. The number of hydrogen-bond acceptors (Lipinski definition) is 3. The first kappa shape index (κ1) is 38.4. The number of aromatic nitrogens is 6. The van der Waals surface area contributed by atoms with E-state index in [1.54, 1.807) is 4.57 Å². The maximum Gasteiger partial charge on any atom is 0.264 e. The van der Waals surface area contributed by atoms with Crippen molar-refractivity contribution in [2.45, 2.75) is 6.92 Å². The second kappa shape index (κ2) is 15.0. The van der Waals surface area contributed by atoms with E-state index in [9.17, 15) is 4.79 Å². The molecule has 0 fully saturated rings. The molecule has 13 rings (SSSR count). The van der Waals surface area contributed by atoms with Crippen LogP contribution in [0.5, 0.6) is 0 Å². The van der Waals surface area contributed by atoms with Gasteiger partial charge in [-0.3, -0.25) is 13.9 Å². The minimum Gasteiger partial charge on any atom is -0.309 e. The normalized spacial score (nSPS) is 12.0. The molecule has 0 aliphatic heterocycles. The lowest BCUT2D eigenvalue weighted by Crippen LogP contribution is -2.21. The highest BCUT2D eigenvalue weighted by atomic mass is 16.1. The van der Waals surface area contributed by atoms with E-state index in [1.165, 1.54) is 10.8 Å². The van der Waals surface area contributed by atoms with E-state index in [0.717, 1.165) is 94.0 Å². The third-order valence-corrected chi connectivity index (χ3v) is 13.3. The second-order valence-electron chi connectivity index (χ2n) is 17.0. The van der Waals surface area contributed by atoms with Crippen LogP contribution in [0.2, 0.25) is 0 Å². The zero-order chi connectivity index (χ0) is 44.8. The van der Waals surface area contributed by atoms with E-state index >= 15 is 0 Å². The summed E-state index contributed by atoms with van der Waals surface area (Å²) in [5, 5.41) is 7.80. The van der Waals surface area contributed by atoms with Crippen LogP contribution in [0.4, 0.5) is 0 Å². The summed E-state index contributed by atoms with van der Waals surface area (Å²) >= 11 is 0. The highest BCUT2D eigenvalue weighted by molar-refractivity contribution is 6.12. The Kier molecular flexibility index (Phi) is 8.60. The van der Waals surface area contributed by atoms with Crippen molar-refractivity contribution in [2.75, 3.05) is 0 Å². The van der Waals surface area contributed by atoms with Crippen molar-refractivity contribution in [3.05, 3.63) is 229 Å². The summed E-state index contributed by atoms with van der Waals surface area (Å²) in [6, 6.07) is 65.0. The minimum absolute atomic E-state index is 0.146. The third kappa shape index (κ3) is 5.74. The van der Waals surface area contributed by atoms with Crippen molar-refractivity contribution in [3.8, 4) is 34.1 Å². The van der Waals surface area contributed by atoms with E-state index < -0.39 is 0 Å². The van der Waals surface area contributed by atoms with Gasteiger partial charge < -0.3 is 9.13 Å². The standard InChI is InChI=1S/C60H40N6O/c1-3-17-52-43(4-2)49-34-38(28-32-56(49)63(52)40-18-7-5-8-19-40)39-29-33-57-50(35-39)46-24-13-16-27-55(46)66(57)60-61-37-51-48-36-42(64-53-25-14-11-22-44(53)45-23-12-15-26-54(45)64)30-31-47(48)59(67)65(58(51)62-60)41-20-9-6-10-21-41/h3-37H,2H2,1H3/b17-3-. The lowest BCUT2D eigenvalue weighted by molar-refractivity contribution is 0.964. The Morgan fingerprint density at radius 3 is 1.61 bits per heavy atom. The predicted octanol–water partition coefficient (Wildman–Crippen LogP) is 14.4. The summed E-state index contributed by atoms with van der Waals surface area (Å²) in [5.74, 6) is 0.476. The molecule has 67 heavy (non-hydrogen) atoms. The van der Waals surface area contributed by atoms with E-state index in [-0.39, 0.29) is 5.56 Å². The molecular weight excluding hydrogens is 821 g/mol. The number of allylic oxidation sites excluding steroid dienone is 1. The molecule has 5 aromatic heterocycles. The molecule has 316 valence electrons. The van der Waals surface area contributed by atoms with Crippen molar-refractivity contribution in [2.24, 2.45) is 0 Å². The first-order chi connectivity index (χ1) is 33.1. The molecule has 0 amide bonds. The van der Waals surface area contributed by atoms with E-state index in [0.29, 0.717) is 17.0 Å². The van der Waals surface area contributed by atoms with Gasteiger partial charge in [0.05, 0.1) is 39.0 Å². The monoisotopic (exact) mass is 860 g/mol. The molecular formula is C60H40N6O. The Morgan fingerprint density at radius 1 is 0.448 bits per heavy atom. The third-order valence-electron chi connectivity index (χ3n) is 13.3. The maximum absolute atomic E-state index is 14.9. The Hall–Kier alpha value is -9.07. The van der Waals surface area contributed by atoms with Gasteiger partial charge in [-0.2, -0.15) is 4.98 Å². The summed E-state index contributed by atoms with van der Waals surface area (Å²) in [6.45, 7) is 6.30. The molecule has 0 bridgehead atoms. The van der Waals surface area contributed by atoms with Gasteiger partial charge in [0.2, 0.25) is 5.95 Å². The van der Waals surface area contributed by atoms with Crippen molar-refractivity contribution >= 4 is 88.5 Å². The van der Waals surface area contributed by atoms with E-state index in [4.69, 9.17) is 9.97 Å². The second-order valence-corrected chi connectivity index (χ2v) is 17.0. The van der Waals surface area contributed by atoms with Gasteiger partial charge in [0, 0.05) is 66.2 Å². The number of pyridine rings is 1. The van der Waals surface area contributed by atoms with Crippen molar-refractivity contribution in [1.82, 2.24) is 28.2 Å². The molecule has 0 saturated heterocycles. The number of nitrogens with zero attached hydrogens (tertiary/aromatic N) is 6. The Bertz CT molecular complexity index is 4210. The SMILES string of the molecule is C=Cc1c(/C=C\C)n(-c2ccccc2)c2ccc(-c3ccc4c(c3)c3ccccc3n4-c3ncc4c5cc(-n6c7ccccc7c7ccccc76)ccc5c(=O)n(-c5ccccc5)c4n3)cc12. The molecule has 0 atom stereocenters. The quantitative estimate of drug-likeness (QED) is 0.150. The average molecular weight is 861 g/mol. The summed E-state index contributed by atoms with van der Waals surface area (Å²) in [6.07, 6.45) is 8.09.